The van der Waals surface area contributed by atoms with Gasteiger partial charge in [0.2, 0.25) is 10.0 Å². The van der Waals surface area contributed by atoms with Gasteiger partial charge >= 0.3 is 6.18 Å². The molecule has 0 fully saturated rings. The van der Waals surface area contributed by atoms with Crippen LogP contribution in [0, 0.1) is 5.82 Å². The van der Waals surface area contributed by atoms with Gasteiger partial charge in [0.25, 0.3) is 0 Å². The molecule has 25 heavy (non-hydrogen) atoms. The smallest absolute Gasteiger partial charge is 0.309 e. The van der Waals surface area contributed by atoms with E-state index in [-0.39, 0.29) is 6.54 Å². The Morgan fingerprint density at radius 2 is 1.76 bits per heavy atom. The molecular weight excluding hydrogens is 360 g/mol. The fourth-order valence-electron chi connectivity index (χ4n) is 2.60. The van der Waals surface area contributed by atoms with Crippen LogP contribution in [0.15, 0.2) is 41.3 Å². The van der Waals surface area contributed by atoms with Gasteiger partial charge in [-0.1, -0.05) is 18.2 Å². The Labute approximate surface area is 141 Å². The van der Waals surface area contributed by atoms with Crippen molar-refractivity contribution in [3.8, 4) is 0 Å². The fourth-order valence-corrected chi connectivity index (χ4v) is 3.72. The molecule has 0 unspecified atom stereocenters. The topological polar surface area (TPSA) is 58.2 Å². The molecule has 0 aromatic heterocycles. The van der Waals surface area contributed by atoms with Gasteiger partial charge in [-0.05, 0) is 34.9 Å². The first kappa shape index (κ1) is 17.8. The van der Waals surface area contributed by atoms with Gasteiger partial charge in [-0.25, -0.2) is 17.5 Å². The van der Waals surface area contributed by atoms with Crippen molar-refractivity contribution in [3.63, 3.8) is 0 Å². The van der Waals surface area contributed by atoms with E-state index in [0.717, 1.165) is 17.7 Å². The maximum atomic E-state index is 13.8. The minimum absolute atomic E-state index is 0.148. The van der Waals surface area contributed by atoms with E-state index >= 15 is 0 Å². The van der Waals surface area contributed by atoms with Gasteiger partial charge in [-0.15, -0.1) is 0 Å². The van der Waals surface area contributed by atoms with E-state index in [4.69, 9.17) is 0 Å². The van der Waals surface area contributed by atoms with Crippen molar-refractivity contribution >= 4 is 10.0 Å². The first-order valence-corrected chi connectivity index (χ1v) is 8.83. The SMILES string of the molecule is O=S(=O)(NCc1ccc2c(c1)CNC2)c1cc(C(F)(F)F)ccc1F. The number of benzene rings is 2. The molecule has 3 rings (SSSR count). The molecule has 0 spiro atoms. The highest BCUT2D eigenvalue weighted by Gasteiger charge is 2.33. The van der Waals surface area contributed by atoms with Crippen LogP contribution in [-0.4, -0.2) is 8.42 Å². The van der Waals surface area contributed by atoms with E-state index in [0.29, 0.717) is 30.3 Å². The van der Waals surface area contributed by atoms with Gasteiger partial charge in [-0.2, -0.15) is 13.2 Å². The first-order chi connectivity index (χ1) is 11.7. The molecule has 0 bridgehead atoms. The molecule has 9 heteroatoms. The average molecular weight is 374 g/mol. The Bertz CT molecular complexity index is 911. The molecule has 0 saturated heterocycles. The molecule has 0 radical (unpaired) electrons. The van der Waals surface area contributed by atoms with Crippen molar-refractivity contribution < 1.29 is 26.0 Å². The van der Waals surface area contributed by atoms with Crippen molar-refractivity contribution in [2.24, 2.45) is 0 Å². The molecule has 1 heterocycles. The van der Waals surface area contributed by atoms with E-state index in [1.807, 2.05) is 6.07 Å². The van der Waals surface area contributed by atoms with Crippen LogP contribution in [-0.2, 0) is 35.8 Å². The highest BCUT2D eigenvalue weighted by molar-refractivity contribution is 7.89. The molecule has 0 aliphatic carbocycles. The Balaban J connectivity index is 1.82. The summed E-state index contributed by atoms with van der Waals surface area (Å²) in [7, 11) is -4.43. The molecule has 4 nitrogen and oxygen atoms in total. The highest BCUT2D eigenvalue weighted by Crippen LogP contribution is 2.31. The number of halogens is 4. The number of alkyl halides is 3. The monoisotopic (exact) mass is 374 g/mol. The molecule has 0 saturated carbocycles. The molecule has 134 valence electrons. The van der Waals surface area contributed by atoms with Crippen molar-refractivity contribution in [1.29, 1.82) is 0 Å². The summed E-state index contributed by atoms with van der Waals surface area (Å²) in [6.45, 7) is 1.25. The summed E-state index contributed by atoms with van der Waals surface area (Å²) >= 11 is 0. The van der Waals surface area contributed by atoms with Gasteiger partial charge in [0.1, 0.15) is 10.7 Å². The number of hydrogen-bond donors (Lipinski definition) is 2. The molecule has 2 N–H and O–H groups in total. The van der Waals surface area contributed by atoms with E-state index in [9.17, 15) is 26.0 Å². The maximum Gasteiger partial charge on any atom is 0.416 e. The number of nitrogens with one attached hydrogen (secondary N) is 2. The molecule has 0 atom stereocenters. The van der Waals surface area contributed by atoms with Crippen LogP contribution in [0.5, 0.6) is 0 Å². The summed E-state index contributed by atoms with van der Waals surface area (Å²) in [6, 6.07) is 6.67. The quantitative estimate of drug-likeness (QED) is 0.809. The predicted octanol–water partition coefficient (Wildman–Crippen LogP) is 2.93. The van der Waals surface area contributed by atoms with E-state index in [1.165, 1.54) is 0 Å². The van der Waals surface area contributed by atoms with Crippen LogP contribution in [0.25, 0.3) is 0 Å². The molecule has 1 aliphatic rings. The number of fused-ring (bicyclic) bond motifs is 1. The van der Waals surface area contributed by atoms with Gasteiger partial charge in [0.15, 0.2) is 0 Å². The van der Waals surface area contributed by atoms with Gasteiger partial charge in [0.05, 0.1) is 5.56 Å². The van der Waals surface area contributed by atoms with Crippen molar-refractivity contribution in [3.05, 3.63) is 64.5 Å². The fraction of sp³-hybridized carbons (Fsp3) is 0.250. The first-order valence-electron chi connectivity index (χ1n) is 7.34. The second-order valence-corrected chi connectivity index (χ2v) is 7.41. The normalized spacial score (nSPS) is 14.6. The predicted molar refractivity (Wildman–Crippen MR) is 82.4 cm³/mol. The molecule has 0 amide bonds. The summed E-state index contributed by atoms with van der Waals surface area (Å²) in [6.07, 6.45) is -4.76. The van der Waals surface area contributed by atoms with Crippen LogP contribution in [0.1, 0.15) is 22.3 Å². The average Bonchev–Trinajstić information content (AvgIpc) is 2.99. The Hall–Kier alpha value is -1.97. The summed E-state index contributed by atoms with van der Waals surface area (Å²) in [5.74, 6) is -1.24. The maximum absolute atomic E-state index is 13.8. The number of hydrogen-bond acceptors (Lipinski definition) is 3. The van der Waals surface area contributed by atoms with E-state index in [1.54, 1.807) is 12.1 Å². The minimum atomic E-state index is -4.76. The Morgan fingerprint density at radius 1 is 1.04 bits per heavy atom. The Morgan fingerprint density at radius 3 is 2.48 bits per heavy atom. The molecule has 2 aromatic carbocycles. The molecule has 1 aliphatic heterocycles. The van der Waals surface area contributed by atoms with E-state index < -0.39 is 32.5 Å². The molecule has 2 aromatic rings. The number of sulfonamides is 1. The van der Waals surface area contributed by atoms with Crippen LogP contribution < -0.4 is 10.0 Å². The van der Waals surface area contributed by atoms with Crippen molar-refractivity contribution in [2.75, 3.05) is 0 Å². The minimum Gasteiger partial charge on any atom is -0.309 e. The zero-order valence-electron chi connectivity index (χ0n) is 12.8. The summed E-state index contributed by atoms with van der Waals surface area (Å²) in [4.78, 5) is -1.02. The van der Waals surface area contributed by atoms with Gasteiger partial charge in [-0.3, -0.25) is 0 Å². The standard InChI is InChI=1S/C16H14F4N2O2S/c17-14-4-3-13(16(18,19)20)6-15(14)25(23,24)22-7-10-1-2-11-8-21-9-12(11)5-10/h1-6,21-22H,7-9H2. The largest absolute Gasteiger partial charge is 0.416 e. The van der Waals surface area contributed by atoms with Gasteiger partial charge < -0.3 is 5.32 Å². The lowest BCUT2D eigenvalue weighted by atomic mass is 10.1. The van der Waals surface area contributed by atoms with E-state index in [2.05, 4.69) is 10.0 Å². The third kappa shape index (κ3) is 3.83. The second kappa shape index (κ2) is 6.40. The summed E-state index contributed by atoms with van der Waals surface area (Å²) in [5.41, 5.74) is 1.55. The van der Waals surface area contributed by atoms with Crippen LogP contribution in [0.3, 0.4) is 0 Å². The lowest BCUT2D eigenvalue weighted by molar-refractivity contribution is -0.137. The van der Waals surface area contributed by atoms with Crippen LogP contribution >= 0.6 is 0 Å². The van der Waals surface area contributed by atoms with Crippen molar-refractivity contribution in [2.45, 2.75) is 30.7 Å². The van der Waals surface area contributed by atoms with Crippen LogP contribution in [0.2, 0.25) is 0 Å². The number of rotatable bonds is 4. The van der Waals surface area contributed by atoms with Crippen LogP contribution in [0.4, 0.5) is 17.6 Å². The Kier molecular flexibility index (Phi) is 4.56. The second-order valence-electron chi connectivity index (χ2n) is 5.67. The summed E-state index contributed by atoms with van der Waals surface area (Å²) < 4.78 is 78.5. The zero-order chi connectivity index (χ0) is 18.2. The molecular formula is C16H14F4N2O2S. The highest BCUT2D eigenvalue weighted by atomic mass is 32.2. The summed E-state index contributed by atoms with van der Waals surface area (Å²) in [5, 5.41) is 3.15. The zero-order valence-corrected chi connectivity index (χ0v) is 13.6. The third-order valence-corrected chi connectivity index (χ3v) is 5.33. The van der Waals surface area contributed by atoms with Crippen molar-refractivity contribution in [1.82, 2.24) is 10.0 Å². The lowest BCUT2D eigenvalue weighted by Crippen LogP contribution is -2.25. The van der Waals surface area contributed by atoms with Gasteiger partial charge in [0, 0.05) is 19.6 Å². The third-order valence-electron chi connectivity index (χ3n) is 3.92. The lowest BCUT2D eigenvalue weighted by Gasteiger charge is -2.12.